The van der Waals surface area contributed by atoms with Crippen LogP contribution in [-0.4, -0.2) is 12.5 Å². The number of hydrogen-bond donors (Lipinski definition) is 1. The van der Waals surface area contributed by atoms with E-state index in [0.717, 1.165) is 22.4 Å². The maximum Gasteiger partial charge on any atom is 0.264 e. The summed E-state index contributed by atoms with van der Waals surface area (Å²) in [7, 11) is 0. The van der Waals surface area contributed by atoms with Crippen LogP contribution in [0.4, 0.5) is 5.69 Å². The number of carbonyl (C=O) groups excluding carboxylic acids is 1. The highest BCUT2D eigenvalue weighted by Crippen LogP contribution is 2.23. The van der Waals surface area contributed by atoms with E-state index in [1.165, 1.54) is 0 Å². The summed E-state index contributed by atoms with van der Waals surface area (Å²) in [4.78, 5) is 15.0. The van der Waals surface area contributed by atoms with E-state index in [0.29, 0.717) is 6.54 Å². The molecular weight excluding hydrogens is 370 g/mol. The number of carbonyl (C=O) groups is 1. The smallest absolute Gasteiger partial charge is 0.264 e. The van der Waals surface area contributed by atoms with Crippen molar-refractivity contribution in [2.75, 3.05) is 11.4 Å². The summed E-state index contributed by atoms with van der Waals surface area (Å²) in [5.41, 5.74) is 4.05. The zero-order valence-corrected chi connectivity index (χ0v) is 17.2. The first-order valence-corrected chi connectivity index (χ1v) is 9.98. The number of hydrogen-bond acceptors (Lipinski definition) is 3. The molecule has 0 fully saturated rings. The lowest BCUT2D eigenvalue weighted by Gasteiger charge is -2.22. The molecule has 150 valence electrons. The van der Waals surface area contributed by atoms with Crippen LogP contribution in [0.2, 0.25) is 0 Å². The summed E-state index contributed by atoms with van der Waals surface area (Å²) >= 11 is 0. The molecule has 30 heavy (non-hydrogen) atoms. The molecule has 0 radical (unpaired) electrons. The van der Waals surface area contributed by atoms with Gasteiger partial charge in [0.05, 0.1) is 6.04 Å². The highest BCUT2D eigenvalue weighted by Gasteiger charge is 2.20. The standard InChI is InChI=1S/C26H25N3O/c1-3-29(24-16-10-11-20(2)17-24)19-23(18-27)26(30)28-25(21-12-6-4-7-13-21)22-14-8-5-9-15-22/h4-17,19,25H,3H2,1-2H3,(H,28,30)/b23-19-. The Morgan fingerprint density at radius 1 is 1.00 bits per heavy atom. The van der Waals surface area contributed by atoms with Crippen LogP contribution >= 0.6 is 0 Å². The fourth-order valence-corrected chi connectivity index (χ4v) is 3.31. The Labute approximate surface area is 178 Å². The first-order valence-electron chi connectivity index (χ1n) is 9.98. The maximum atomic E-state index is 13.1. The second kappa shape index (κ2) is 10.1. The first-order chi connectivity index (χ1) is 14.6. The summed E-state index contributed by atoms with van der Waals surface area (Å²) in [6.07, 6.45) is 1.62. The van der Waals surface area contributed by atoms with Crippen LogP contribution in [0.15, 0.2) is 96.7 Å². The third-order valence-electron chi connectivity index (χ3n) is 4.87. The van der Waals surface area contributed by atoms with E-state index >= 15 is 0 Å². The summed E-state index contributed by atoms with van der Waals surface area (Å²) in [5, 5.41) is 12.7. The van der Waals surface area contributed by atoms with Crippen molar-refractivity contribution in [2.24, 2.45) is 0 Å². The Balaban J connectivity index is 1.90. The lowest BCUT2D eigenvalue weighted by atomic mass is 9.98. The van der Waals surface area contributed by atoms with Gasteiger partial charge in [0.15, 0.2) is 0 Å². The minimum atomic E-state index is -0.402. The number of amides is 1. The first kappa shape index (κ1) is 20.9. The van der Waals surface area contributed by atoms with E-state index in [1.54, 1.807) is 6.20 Å². The fourth-order valence-electron chi connectivity index (χ4n) is 3.31. The molecule has 0 aliphatic rings. The second-order valence-corrected chi connectivity index (χ2v) is 7.01. The van der Waals surface area contributed by atoms with Gasteiger partial charge in [-0.25, -0.2) is 0 Å². The van der Waals surface area contributed by atoms with Crippen LogP contribution in [0, 0.1) is 18.3 Å². The Hall–Kier alpha value is -3.84. The van der Waals surface area contributed by atoms with Gasteiger partial charge in [0.1, 0.15) is 11.6 Å². The van der Waals surface area contributed by atoms with Gasteiger partial charge in [-0.3, -0.25) is 4.79 Å². The topological polar surface area (TPSA) is 56.1 Å². The number of anilines is 1. The predicted octanol–water partition coefficient (Wildman–Crippen LogP) is 5.13. The average Bonchev–Trinajstić information content (AvgIpc) is 2.79. The molecule has 3 aromatic rings. The quantitative estimate of drug-likeness (QED) is 0.445. The highest BCUT2D eigenvalue weighted by atomic mass is 16.1. The van der Waals surface area contributed by atoms with Crippen LogP contribution in [0.1, 0.15) is 29.7 Å². The summed E-state index contributed by atoms with van der Waals surface area (Å²) in [6.45, 7) is 4.65. The molecule has 3 rings (SSSR count). The Bertz CT molecular complexity index is 1010. The Kier molecular flexibility index (Phi) is 7.02. The Morgan fingerprint density at radius 2 is 1.60 bits per heavy atom. The molecule has 3 aromatic carbocycles. The van der Waals surface area contributed by atoms with Crippen LogP contribution in [0.5, 0.6) is 0 Å². The fraction of sp³-hybridized carbons (Fsp3) is 0.154. The zero-order chi connectivity index (χ0) is 21.3. The SMILES string of the molecule is CCN(/C=C(/C#N)C(=O)NC(c1ccccc1)c1ccccc1)c1cccc(C)c1. The molecule has 1 amide bonds. The molecule has 0 unspecified atom stereocenters. The maximum absolute atomic E-state index is 13.1. The van der Waals surface area contributed by atoms with Gasteiger partial charge < -0.3 is 10.2 Å². The van der Waals surface area contributed by atoms with E-state index in [2.05, 4.69) is 11.4 Å². The molecule has 1 N–H and O–H groups in total. The molecule has 0 heterocycles. The van der Waals surface area contributed by atoms with Gasteiger partial charge in [-0.2, -0.15) is 5.26 Å². The van der Waals surface area contributed by atoms with Crippen molar-refractivity contribution in [3.05, 3.63) is 113 Å². The van der Waals surface area contributed by atoms with Gasteiger partial charge in [-0.15, -0.1) is 0 Å². The van der Waals surface area contributed by atoms with Crippen molar-refractivity contribution in [2.45, 2.75) is 19.9 Å². The van der Waals surface area contributed by atoms with E-state index < -0.39 is 5.91 Å². The summed E-state index contributed by atoms with van der Waals surface area (Å²) in [5.74, 6) is -0.402. The van der Waals surface area contributed by atoms with Gasteiger partial charge in [0.25, 0.3) is 5.91 Å². The van der Waals surface area contributed by atoms with E-state index in [9.17, 15) is 10.1 Å². The Morgan fingerprint density at radius 3 is 2.10 bits per heavy atom. The highest BCUT2D eigenvalue weighted by molar-refractivity contribution is 5.98. The second-order valence-electron chi connectivity index (χ2n) is 7.01. The van der Waals surface area contributed by atoms with Crippen LogP contribution < -0.4 is 10.2 Å². The number of nitriles is 1. The van der Waals surface area contributed by atoms with E-state index in [1.807, 2.05) is 104 Å². The largest absolute Gasteiger partial charge is 0.347 e. The van der Waals surface area contributed by atoms with Crippen LogP contribution in [0.3, 0.4) is 0 Å². The molecule has 0 atom stereocenters. The molecular formula is C26H25N3O. The predicted molar refractivity (Wildman–Crippen MR) is 121 cm³/mol. The summed E-state index contributed by atoms with van der Waals surface area (Å²) in [6, 6.07) is 29.2. The van der Waals surface area contributed by atoms with E-state index in [4.69, 9.17) is 0 Å². The monoisotopic (exact) mass is 395 g/mol. The van der Waals surface area contributed by atoms with Crippen molar-refractivity contribution < 1.29 is 4.79 Å². The minimum Gasteiger partial charge on any atom is -0.347 e. The number of benzene rings is 3. The van der Waals surface area contributed by atoms with Crippen molar-refractivity contribution in [1.29, 1.82) is 5.26 Å². The van der Waals surface area contributed by atoms with Gasteiger partial charge in [-0.05, 0) is 42.7 Å². The van der Waals surface area contributed by atoms with Gasteiger partial charge >= 0.3 is 0 Å². The van der Waals surface area contributed by atoms with Gasteiger partial charge in [-0.1, -0.05) is 72.8 Å². The molecule has 0 aliphatic heterocycles. The third-order valence-corrected chi connectivity index (χ3v) is 4.87. The van der Waals surface area contributed by atoms with Gasteiger partial charge in [0, 0.05) is 18.4 Å². The number of rotatable bonds is 7. The van der Waals surface area contributed by atoms with Crippen molar-refractivity contribution in [3.63, 3.8) is 0 Å². The van der Waals surface area contributed by atoms with E-state index in [-0.39, 0.29) is 11.6 Å². The lowest BCUT2D eigenvalue weighted by molar-refractivity contribution is -0.117. The molecule has 4 nitrogen and oxygen atoms in total. The molecule has 4 heteroatoms. The molecule has 0 spiro atoms. The lowest BCUT2D eigenvalue weighted by Crippen LogP contribution is -2.31. The van der Waals surface area contributed by atoms with Gasteiger partial charge in [0.2, 0.25) is 0 Å². The van der Waals surface area contributed by atoms with Crippen molar-refractivity contribution in [1.82, 2.24) is 5.32 Å². The summed E-state index contributed by atoms with van der Waals surface area (Å²) < 4.78 is 0. The average molecular weight is 396 g/mol. The number of aryl methyl sites for hydroxylation is 1. The zero-order valence-electron chi connectivity index (χ0n) is 17.2. The molecule has 0 aliphatic carbocycles. The van der Waals surface area contributed by atoms with Crippen molar-refractivity contribution in [3.8, 4) is 6.07 Å². The number of nitrogens with zero attached hydrogens (tertiary/aromatic N) is 2. The normalized spacial score (nSPS) is 11.1. The van der Waals surface area contributed by atoms with Crippen LogP contribution in [-0.2, 0) is 4.79 Å². The third kappa shape index (κ3) is 5.15. The minimum absolute atomic E-state index is 0.0650. The molecule has 0 saturated heterocycles. The molecule has 0 aromatic heterocycles. The molecule has 0 saturated carbocycles. The van der Waals surface area contributed by atoms with Crippen molar-refractivity contribution >= 4 is 11.6 Å². The van der Waals surface area contributed by atoms with Crippen LogP contribution in [0.25, 0.3) is 0 Å². The number of nitrogens with one attached hydrogen (secondary N) is 1. The molecule has 0 bridgehead atoms.